The molecule has 6 nitrogen and oxygen atoms in total. The first kappa shape index (κ1) is 21.2. The van der Waals surface area contributed by atoms with Crippen LogP contribution in [0.5, 0.6) is 0 Å². The van der Waals surface area contributed by atoms with Crippen molar-refractivity contribution in [3.63, 3.8) is 0 Å². The zero-order valence-corrected chi connectivity index (χ0v) is 14.5. The number of unbranched alkanes of at least 4 members (excludes halogenated alkanes) is 4. The monoisotopic (exact) mass is 336 g/mol. The summed E-state index contributed by atoms with van der Waals surface area (Å²) >= 11 is 0. The molecule has 0 aliphatic rings. The summed E-state index contributed by atoms with van der Waals surface area (Å²) < 4.78 is 30.4. The van der Waals surface area contributed by atoms with E-state index in [9.17, 15) is 18.0 Å². The molecule has 0 saturated carbocycles. The Morgan fingerprint density at radius 2 is 1.36 bits per heavy atom. The minimum atomic E-state index is -3.86. The molecule has 0 amide bonds. The lowest BCUT2D eigenvalue weighted by molar-refractivity contribution is -0.124. The van der Waals surface area contributed by atoms with Gasteiger partial charge in [0.1, 0.15) is 11.6 Å². The highest BCUT2D eigenvalue weighted by Crippen LogP contribution is 2.08. The number of carbonyl (C=O) groups excluding carboxylic acids is 2. The van der Waals surface area contributed by atoms with Gasteiger partial charge < -0.3 is 0 Å². The molecule has 0 atom stereocenters. The average Bonchev–Trinajstić information content (AvgIpc) is 2.49. The molecule has 0 aliphatic carbocycles. The van der Waals surface area contributed by atoms with Crippen LogP contribution in [-0.4, -0.2) is 33.7 Å². The van der Waals surface area contributed by atoms with Gasteiger partial charge in [0, 0.05) is 25.7 Å². The first-order valence-corrected chi connectivity index (χ1v) is 9.23. The Morgan fingerprint density at radius 1 is 0.818 bits per heavy atom. The predicted molar refractivity (Wildman–Crippen MR) is 83.7 cm³/mol. The van der Waals surface area contributed by atoms with Crippen molar-refractivity contribution in [3.8, 4) is 0 Å². The topological polar surface area (TPSA) is 86.7 Å². The van der Waals surface area contributed by atoms with Crippen molar-refractivity contribution < 1.29 is 26.4 Å². The first-order valence-electron chi connectivity index (χ1n) is 7.89. The molecule has 0 unspecified atom stereocenters. The van der Waals surface area contributed by atoms with Gasteiger partial charge >= 0.3 is 10.4 Å². The Morgan fingerprint density at radius 3 is 1.86 bits per heavy atom. The summed E-state index contributed by atoms with van der Waals surface area (Å²) in [6.45, 7) is 2.14. The van der Waals surface area contributed by atoms with Crippen LogP contribution in [0, 0.1) is 0 Å². The summed E-state index contributed by atoms with van der Waals surface area (Å²) in [4.78, 5) is 23.1. The minimum Gasteiger partial charge on any atom is -0.300 e. The van der Waals surface area contributed by atoms with Gasteiger partial charge in [0.05, 0.1) is 13.7 Å². The first-order chi connectivity index (χ1) is 10.4. The predicted octanol–water partition coefficient (Wildman–Crippen LogP) is 2.95. The molecule has 0 N–H and O–H groups in total. The van der Waals surface area contributed by atoms with Crippen LogP contribution < -0.4 is 0 Å². The smallest absolute Gasteiger partial charge is 0.300 e. The molecule has 0 radical (unpaired) electrons. The van der Waals surface area contributed by atoms with Crippen LogP contribution in [0.1, 0.15) is 71.1 Å². The minimum absolute atomic E-state index is 0.0558. The fourth-order valence-corrected chi connectivity index (χ4v) is 2.33. The van der Waals surface area contributed by atoms with Crippen molar-refractivity contribution in [1.29, 1.82) is 0 Å². The number of Topliss-reactive ketones (excluding diaryl/α,β-unsaturated/α-hetero) is 2. The Bertz CT molecular complexity index is 416. The van der Waals surface area contributed by atoms with Gasteiger partial charge in [-0.25, -0.2) is 4.18 Å². The van der Waals surface area contributed by atoms with Crippen molar-refractivity contribution in [2.24, 2.45) is 0 Å². The second-order valence-corrected chi connectivity index (χ2v) is 6.63. The van der Waals surface area contributed by atoms with E-state index in [-0.39, 0.29) is 18.2 Å². The summed E-state index contributed by atoms with van der Waals surface area (Å²) in [6.07, 6.45) is 6.65. The molecular formula is C15H28O6S. The van der Waals surface area contributed by atoms with Gasteiger partial charge in [0.25, 0.3) is 0 Å². The molecule has 0 rings (SSSR count). The molecule has 130 valence electrons. The third kappa shape index (κ3) is 12.9. The average molecular weight is 336 g/mol. The van der Waals surface area contributed by atoms with Gasteiger partial charge in [-0.05, 0) is 19.3 Å². The number of hydrogen-bond acceptors (Lipinski definition) is 6. The van der Waals surface area contributed by atoms with Crippen molar-refractivity contribution in [3.05, 3.63) is 0 Å². The van der Waals surface area contributed by atoms with Crippen LogP contribution in [-0.2, 0) is 28.4 Å². The van der Waals surface area contributed by atoms with Gasteiger partial charge in [-0.15, -0.1) is 0 Å². The van der Waals surface area contributed by atoms with Crippen molar-refractivity contribution in [2.45, 2.75) is 71.1 Å². The summed E-state index contributed by atoms with van der Waals surface area (Å²) in [5.74, 6) is 0.259. The van der Waals surface area contributed by atoms with E-state index in [0.717, 1.165) is 26.4 Å². The number of carbonyl (C=O) groups is 2. The number of ketones is 2. The molecule has 0 spiro atoms. The maximum absolute atomic E-state index is 11.6. The molecule has 0 aliphatic heterocycles. The van der Waals surface area contributed by atoms with E-state index in [1.54, 1.807) is 0 Å². The van der Waals surface area contributed by atoms with Gasteiger partial charge in [-0.1, -0.05) is 26.2 Å². The Labute approximate surface area is 133 Å². The van der Waals surface area contributed by atoms with E-state index in [1.807, 2.05) is 0 Å². The van der Waals surface area contributed by atoms with Crippen LogP contribution in [0.2, 0.25) is 0 Å². The quantitative estimate of drug-likeness (QED) is 0.427. The molecule has 0 aromatic rings. The molecule has 0 heterocycles. The second-order valence-electron chi connectivity index (χ2n) is 5.24. The van der Waals surface area contributed by atoms with E-state index in [0.29, 0.717) is 44.9 Å². The maximum atomic E-state index is 11.6. The van der Waals surface area contributed by atoms with E-state index in [1.165, 1.54) is 0 Å². The molecule has 7 heteroatoms. The van der Waals surface area contributed by atoms with Gasteiger partial charge in [-0.2, -0.15) is 8.42 Å². The molecule has 22 heavy (non-hydrogen) atoms. The van der Waals surface area contributed by atoms with E-state index >= 15 is 0 Å². The molecule has 0 bridgehead atoms. The summed E-state index contributed by atoms with van der Waals surface area (Å²) in [5.41, 5.74) is 0. The maximum Gasteiger partial charge on any atom is 0.399 e. The summed E-state index contributed by atoms with van der Waals surface area (Å²) in [5, 5.41) is 0. The number of rotatable bonds is 15. The van der Waals surface area contributed by atoms with Crippen LogP contribution in [0.3, 0.4) is 0 Å². The SMILES string of the molecule is CCCCCC(=O)CCC(=O)CCCCCOS(=O)(=O)OC. The lowest BCUT2D eigenvalue weighted by Gasteiger charge is -2.03. The fraction of sp³-hybridized carbons (Fsp3) is 0.867. The third-order valence-corrected chi connectivity index (χ3v) is 4.14. The summed E-state index contributed by atoms with van der Waals surface area (Å²) in [7, 11) is -2.82. The number of hydrogen-bond donors (Lipinski definition) is 0. The van der Waals surface area contributed by atoms with E-state index < -0.39 is 10.4 Å². The zero-order chi connectivity index (χ0) is 16.8. The van der Waals surface area contributed by atoms with Crippen molar-refractivity contribution in [2.75, 3.05) is 13.7 Å². The molecule has 0 fully saturated rings. The van der Waals surface area contributed by atoms with Gasteiger partial charge in [-0.3, -0.25) is 13.8 Å². The van der Waals surface area contributed by atoms with Crippen LogP contribution in [0.15, 0.2) is 0 Å². The standard InChI is InChI=1S/C15H28O6S/c1-3-4-6-9-14(16)11-12-15(17)10-7-5-8-13-21-22(18,19)20-2/h3-13H2,1-2H3. The second kappa shape index (κ2) is 12.7. The summed E-state index contributed by atoms with van der Waals surface area (Å²) in [6, 6.07) is 0. The zero-order valence-electron chi connectivity index (χ0n) is 13.6. The lowest BCUT2D eigenvalue weighted by Crippen LogP contribution is -2.08. The van der Waals surface area contributed by atoms with Crippen molar-refractivity contribution in [1.82, 2.24) is 0 Å². The molecule has 0 aromatic carbocycles. The van der Waals surface area contributed by atoms with Gasteiger partial charge in [0.15, 0.2) is 0 Å². The highest BCUT2D eigenvalue weighted by atomic mass is 32.3. The molecule has 0 saturated heterocycles. The highest BCUT2D eigenvalue weighted by molar-refractivity contribution is 7.81. The van der Waals surface area contributed by atoms with E-state index in [2.05, 4.69) is 15.3 Å². The fourth-order valence-electron chi connectivity index (χ4n) is 1.91. The Balaban J connectivity index is 3.52. The highest BCUT2D eigenvalue weighted by Gasteiger charge is 2.09. The van der Waals surface area contributed by atoms with Crippen LogP contribution in [0.25, 0.3) is 0 Å². The molecular weight excluding hydrogens is 308 g/mol. The molecule has 0 aromatic heterocycles. The third-order valence-electron chi connectivity index (χ3n) is 3.27. The Hall–Kier alpha value is -0.790. The van der Waals surface area contributed by atoms with E-state index in [4.69, 9.17) is 0 Å². The van der Waals surface area contributed by atoms with Crippen LogP contribution in [0.4, 0.5) is 0 Å². The Kier molecular flexibility index (Phi) is 12.3. The normalized spacial score (nSPS) is 11.5. The van der Waals surface area contributed by atoms with Crippen LogP contribution >= 0.6 is 0 Å². The largest absolute Gasteiger partial charge is 0.399 e. The lowest BCUT2D eigenvalue weighted by atomic mass is 10.0. The van der Waals surface area contributed by atoms with Gasteiger partial charge in [0.2, 0.25) is 0 Å². The van der Waals surface area contributed by atoms with Crippen molar-refractivity contribution >= 4 is 22.0 Å².